The van der Waals surface area contributed by atoms with Gasteiger partial charge in [0, 0.05) is 31.8 Å². The number of hydrogen-bond donors (Lipinski definition) is 0. The zero-order valence-electron chi connectivity index (χ0n) is 16.2. The molecule has 3 aromatic rings. The molecular formula is C19H21Cl2N5O2. The van der Waals surface area contributed by atoms with Crippen LogP contribution >= 0.6 is 23.2 Å². The summed E-state index contributed by atoms with van der Waals surface area (Å²) in [7, 11) is 1.85. The summed E-state index contributed by atoms with van der Waals surface area (Å²) in [4.78, 5) is 19.0. The topological polar surface area (TPSA) is 64.7 Å². The Morgan fingerprint density at radius 1 is 1.29 bits per heavy atom. The summed E-state index contributed by atoms with van der Waals surface area (Å²) in [6.07, 6.45) is 3.95. The first-order valence-corrected chi connectivity index (χ1v) is 9.75. The molecule has 1 aliphatic rings. The standard InChI is InChI=1S/C19H21Cl2N5O2/c1-19(2,3)28-18(27)25-6-5-13-15(10-25)26-14(11-8-22-24(4)9-11)7-12(20)16(21)17(26)23-13/h7-9H,5-6,10H2,1-4H3. The third kappa shape index (κ3) is 3.33. The van der Waals surface area contributed by atoms with E-state index in [-0.39, 0.29) is 6.09 Å². The van der Waals surface area contributed by atoms with Gasteiger partial charge in [0.25, 0.3) is 0 Å². The van der Waals surface area contributed by atoms with Crippen molar-refractivity contribution in [3.63, 3.8) is 0 Å². The minimum Gasteiger partial charge on any atom is -0.444 e. The van der Waals surface area contributed by atoms with Crippen LogP contribution in [0.15, 0.2) is 18.5 Å². The SMILES string of the molecule is Cn1cc(-c2cc(Cl)c(Cl)c3nc4c(n23)CN(C(=O)OC(C)(C)C)CC4)cn1. The van der Waals surface area contributed by atoms with Crippen molar-refractivity contribution in [3.05, 3.63) is 39.9 Å². The molecular weight excluding hydrogens is 401 g/mol. The van der Waals surface area contributed by atoms with Gasteiger partial charge in [-0.05, 0) is 26.8 Å². The molecule has 0 atom stereocenters. The minimum atomic E-state index is -0.547. The fourth-order valence-corrected chi connectivity index (χ4v) is 3.74. The van der Waals surface area contributed by atoms with Gasteiger partial charge in [-0.15, -0.1) is 0 Å². The van der Waals surface area contributed by atoms with Gasteiger partial charge in [0.05, 0.1) is 34.8 Å². The van der Waals surface area contributed by atoms with E-state index in [2.05, 4.69) is 5.10 Å². The van der Waals surface area contributed by atoms with Crippen LogP contribution in [-0.4, -0.2) is 42.3 Å². The summed E-state index contributed by atoms with van der Waals surface area (Å²) in [5, 5.41) is 5.08. The number of nitrogens with zero attached hydrogens (tertiary/aromatic N) is 5. The van der Waals surface area contributed by atoms with E-state index >= 15 is 0 Å². The summed E-state index contributed by atoms with van der Waals surface area (Å²) in [5.74, 6) is 0. The Labute approximate surface area is 172 Å². The summed E-state index contributed by atoms with van der Waals surface area (Å²) in [6, 6.07) is 1.81. The van der Waals surface area contributed by atoms with Gasteiger partial charge < -0.3 is 9.64 Å². The number of carbonyl (C=O) groups is 1. The highest BCUT2D eigenvalue weighted by Gasteiger charge is 2.30. The molecule has 0 saturated heterocycles. The second-order valence-corrected chi connectivity index (χ2v) is 8.70. The van der Waals surface area contributed by atoms with Crippen LogP contribution in [0.5, 0.6) is 0 Å². The molecule has 9 heteroatoms. The van der Waals surface area contributed by atoms with E-state index in [4.69, 9.17) is 32.9 Å². The average molecular weight is 422 g/mol. The Balaban J connectivity index is 1.83. The number of fused-ring (bicyclic) bond motifs is 3. The van der Waals surface area contributed by atoms with Gasteiger partial charge in [-0.25, -0.2) is 9.78 Å². The third-order valence-corrected chi connectivity index (χ3v) is 5.34. The number of hydrogen-bond acceptors (Lipinski definition) is 4. The number of ether oxygens (including phenoxy) is 1. The molecule has 1 amide bonds. The normalized spacial score (nSPS) is 14.4. The Kier molecular flexibility index (Phi) is 4.55. The van der Waals surface area contributed by atoms with Crippen molar-refractivity contribution in [2.45, 2.75) is 39.3 Å². The Hall–Kier alpha value is -2.25. The number of halogens is 2. The van der Waals surface area contributed by atoms with E-state index in [0.29, 0.717) is 35.2 Å². The maximum Gasteiger partial charge on any atom is 0.410 e. The van der Waals surface area contributed by atoms with Gasteiger partial charge in [-0.1, -0.05) is 23.2 Å². The summed E-state index contributed by atoms with van der Waals surface area (Å²) < 4.78 is 9.23. The summed E-state index contributed by atoms with van der Waals surface area (Å²) in [5.41, 5.74) is 3.58. The highest BCUT2D eigenvalue weighted by Crippen LogP contribution is 2.35. The molecule has 7 nitrogen and oxygen atoms in total. The van der Waals surface area contributed by atoms with Crippen molar-refractivity contribution in [1.82, 2.24) is 24.1 Å². The van der Waals surface area contributed by atoms with Crippen LogP contribution in [0.25, 0.3) is 16.9 Å². The fraction of sp³-hybridized carbons (Fsp3) is 0.421. The van der Waals surface area contributed by atoms with Crippen LogP contribution in [0.4, 0.5) is 4.79 Å². The zero-order chi connectivity index (χ0) is 20.2. The molecule has 28 heavy (non-hydrogen) atoms. The number of carbonyl (C=O) groups excluding carboxylic acids is 1. The molecule has 4 rings (SSSR count). The van der Waals surface area contributed by atoms with Gasteiger partial charge in [0.1, 0.15) is 10.6 Å². The van der Waals surface area contributed by atoms with Gasteiger partial charge in [-0.3, -0.25) is 9.08 Å². The third-order valence-electron chi connectivity index (χ3n) is 4.58. The molecule has 0 saturated carbocycles. The average Bonchev–Trinajstić information content (AvgIpc) is 3.20. The molecule has 4 heterocycles. The maximum absolute atomic E-state index is 12.6. The molecule has 0 aliphatic carbocycles. The molecule has 0 bridgehead atoms. The lowest BCUT2D eigenvalue weighted by molar-refractivity contribution is 0.0220. The van der Waals surface area contributed by atoms with Crippen LogP contribution < -0.4 is 0 Å². The van der Waals surface area contributed by atoms with Crippen molar-refractivity contribution in [3.8, 4) is 11.3 Å². The lowest BCUT2D eigenvalue weighted by Crippen LogP contribution is -2.40. The lowest BCUT2D eigenvalue weighted by Gasteiger charge is -2.30. The lowest BCUT2D eigenvalue weighted by atomic mass is 10.1. The maximum atomic E-state index is 12.6. The van der Waals surface area contributed by atoms with Crippen LogP contribution in [0.1, 0.15) is 32.2 Å². The monoisotopic (exact) mass is 421 g/mol. The number of rotatable bonds is 1. The smallest absolute Gasteiger partial charge is 0.410 e. The molecule has 0 N–H and O–H groups in total. The quantitative estimate of drug-likeness (QED) is 0.586. The van der Waals surface area contributed by atoms with Crippen LogP contribution in [0.3, 0.4) is 0 Å². The van der Waals surface area contributed by atoms with Crippen molar-refractivity contribution < 1.29 is 9.53 Å². The summed E-state index contributed by atoms with van der Waals surface area (Å²) >= 11 is 12.8. The predicted octanol–water partition coefficient (Wildman–Crippen LogP) is 4.33. The van der Waals surface area contributed by atoms with Crippen LogP contribution in [0.2, 0.25) is 10.0 Å². The van der Waals surface area contributed by atoms with Gasteiger partial charge >= 0.3 is 6.09 Å². The number of pyridine rings is 1. The molecule has 0 radical (unpaired) electrons. The minimum absolute atomic E-state index is 0.337. The number of amides is 1. The largest absolute Gasteiger partial charge is 0.444 e. The predicted molar refractivity (Wildman–Crippen MR) is 108 cm³/mol. The first-order chi connectivity index (χ1) is 13.1. The molecule has 0 spiro atoms. The highest BCUT2D eigenvalue weighted by atomic mass is 35.5. The van der Waals surface area contributed by atoms with Crippen molar-refractivity contribution in [2.75, 3.05) is 6.54 Å². The Bertz CT molecular complexity index is 1080. The molecule has 0 unspecified atom stereocenters. The van der Waals surface area contributed by atoms with E-state index in [9.17, 15) is 4.79 Å². The van der Waals surface area contributed by atoms with Crippen LogP contribution in [-0.2, 0) is 24.8 Å². The van der Waals surface area contributed by atoms with E-state index in [1.54, 1.807) is 15.8 Å². The fourth-order valence-electron chi connectivity index (χ4n) is 3.37. The number of aryl methyl sites for hydroxylation is 1. The second-order valence-electron chi connectivity index (χ2n) is 7.91. The molecule has 3 aromatic heterocycles. The molecule has 0 aromatic carbocycles. The van der Waals surface area contributed by atoms with Crippen molar-refractivity contribution in [2.24, 2.45) is 7.05 Å². The van der Waals surface area contributed by atoms with Gasteiger partial charge in [0.15, 0.2) is 5.65 Å². The van der Waals surface area contributed by atoms with Crippen molar-refractivity contribution in [1.29, 1.82) is 0 Å². The molecule has 1 aliphatic heterocycles. The van der Waals surface area contributed by atoms with E-state index in [1.165, 1.54) is 0 Å². The first-order valence-electron chi connectivity index (χ1n) is 8.99. The number of imidazole rings is 1. The number of aromatic nitrogens is 4. The zero-order valence-corrected chi connectivity index (χ0v) is 17.7. The van der Waals surface area contributed by atoms with E-state index in [1.807, 2.05) is 44.5 Å². The van der Waals surface area contributed by atoms with E-state index in [0.717, 1.165) is 22.6 Å². The second kappa shape index (κ2) is 6.67. The highest BCUT2D eigenvalue weighted by molar-refractivity contribution is 6.44. The molecule has 0 fully saturated rings. The first kappa shape index (κ1) is 19.1. The van der Waals surface area contributed by atoms with Gasteiger partial charge in [0.2, 0.25) is 0 Å². The van der Waals surface area contributed by atoms with Gasteiger partial charge in [-0.2, -0.15) is 5.10 Å². The molecule has 148 valence electrons. The van der Waals surface area contributed by atoms with Crippen LogP contribution in [0, 0.1) is 0 Å². The van der Waals surface area contributed by atoms with E-state index < -0.39 is 5.60 Å². The summed E-state index contributed by atoms with van der Waals surface area (Å²) in [6.45, 7) is 6.50. The van der Waals surface area contributed by atoms with Crippen molar-refractivity contribution >= 4 is 34.9 Å². The Morgan fingerprint density at radius 2 is 2.04 bits per heavy atom. The Morgan fingerprint density at radius 3 is 2.68 bits per heavy atom.